The van der Waals surface area contributed by atoms with Gasteiger partial charge >= 0.3 is 5.97 Å². The summed E-state index contributed by atoms with van der Waals surface area (Å²) in [5.41, 5.74) is 1.75. The van der Waals surface area contributed by atoms with Gasteiger partial charge in [0.25, 0.3) is 0 Å². The van der Waals surface area contributed by atoms with Crippen molar-refractivity contribution in [2.75, 3.05) is 31.3 Å². The number of unbranched alkanes of at least 4 members (excludes halogenated alkanes) is 12. The molecule has 6 aromatic rings. The average molecular weight is 935 g/mol. The topological polar surface area (TPSA) is 101 Å². The molecule has 0 fully saturated rings. The Morgan fingerprint density at radius 3 is 1.49 bits per heavy atom. The molecule has 0 spiro atoms. The minimum atomic E-state index is -1.25. The monoisotopic (exact) mass is 934 g/mol. The molecule has 0 radical (unpaired) electrons. The van der Waals surface area contributed by atoms with Crippen molar-refractivity contribution in [3.05, 3.63) is 83.2 Å². The van der Waals surface area contributed by atoms with Crippen LogP contribution < -0.4 is 23.8 Å². The van der Waals surface area contributed by atoms with E-state index in [1.54, 1.807) is 22.7 Å². The van der Waals surface area contributed by atoms with Crippen LogP contribution in [-0.4, -0.2) is 37.5 Å². The van der Waals surface area contributed by atoms with E-state index >= 15 is 0 Å². The van der Waals surface area contributed by atoms with E-state index < -0.39 is 5.97 Å². The summed E-state index contributed by atoms with van der Waals surface area (Å²) in [6.45, 7) is 11.4. The van der Waals surface area contributed by atoms with Crippen LogP contribution in [0.4, 0.5) is 16.4 Å². The lowest BCUT2D eigenvalue weighted by atomic mass is 10.1. The zero-order chi connectivity index (χ0) is 45.8. The van der Waals surface area contributed by atoms with Crippen LogP contribution in [0.2, 0.25) is 0 Å². The van der Waals surface area contributed by atoms with Crippen LogP contribution in [0.5, 0.6) is 23.0 Å². The molecule has 0 atom stereocenters. The van der Waals surface area contributed by atoms with Gasteiger partial charge in [0.15, 0.2) is 11.5 Å². The number of ether oxygens (including phenoxy) is 4. The van der Waals surface area contributed by atoms with E-state index in [1.165, 1.54) is 55.9 Å². The SMILES string of the molecule is CCCCCCOc1ccc(N(c2ccc(OCCCCCC)cc2)c2ccc(-c3cc4c(s3)c(OCCCCCC)c(OCCCCCC)c3sc(/C=C(/C#N)C(=O)O)cc34)s2)cc1. The number of thiophene rings is 3. The minimum Gasteiger partial charge on any atom is -0.494 e. The lowest BCUT2D eigenvalue weighted by Crippen LogP contribution is -2.08. The molecule has 3 heterocycles. The van der Waals surface area contributed by atoms with Gasteiger partial charge < -0.3 is 29.0 Å². The largest absolute Gasteiger partial charge is 0.494 e. The first-order valence-corrected chi connectivity index (χ1v) is 26.3. The smallest absolute Gasteiger partial charge is 0.346 e. The summed E-state index contributed by atoms with van der Waals surface area (Å²) >= 11 is 4.86. The number of carboxylic acid groups (broad SMARTS) is 1. The third-order valence-corrected chi connectivity index (χ3v) is 14.8. The van der Waals surface area contributed by atoms with Crippen LogP contribution in [0.1, 0.15) is 135 Å². The molecule has 11 heteroatoms. The Morgan fingerprint density at radius 1 is 0.569 bits per heavy atom. The number of fused-ring (bicyclic) bond motifs is 3. The fraction of sp³-hybridized carbons (Fsp3) is 0.444. The van der Waals surface area contributed by atoms with Gasteiger partial charge in [-0.2, -0.15) is 5.26 Å². The van der Waals surface area contributed by atoms with Crippen molar-refractivity contribution in [1.29, 1.82) is 5.26 Å². The van der Waals surface area contributed by atoms with E-state index in [4.69, 9.17) is 18.9 Å². The van der Waals surface area contributed by atoms with Gasteiger partial charge in [-0.1, -0.05) is 105 Å². The third kappa shape index (κ3) is 13.8. The number of aliphatic carboxylic acids is 1. The molecule has 0 aliphatic heterocycles. The number of nitriles is 1. The maximum absolute atomic E-state index is 11.9. The molecule has 3 aromatic heterocycles. The highest BCUT2D eigenvalue weighted by Gasteiger charge is 2.24. The van der Waals surface area contributed by atoms with Crippen molar-refractivity contribution < 1.29 is 28.8 Å². The van der Waals surface area contributed by atoms with Gasteiger partial charge in [-0.25, -0.2) is 4.79 Å². The van der Waals surface area contributed by atoms with Gasteiger partial charge in [0.1, 0.15) is 28.1 Å². The molecule has 3 aromatic carbocycles. The molecular weight excluding hydrogens is 869 g/mol. The van der Waals surface area contributed by atoms with Crippen molar-refractivity contribution in [3.63, 3.8) is 0 Å². The number of nitrogens with zero attached hydrogens (tertiary/aromatic N) is 2. The van der Waals surface area contributed by atoms with Gasteiger partial charge in [0, 0.05) is 36.8 Å². The minimum absolute atomic E-state index is 0.307. The van der Waals surface area contributed by atoms with E-state index in [-0.39, 0.29) is 5.57 Å². The first-order valence-electron chi connectivity index (χ1n) is 23.9. The number of benzene rings is 3. The first kappa shape index (κ1) is 49.4. The van der Waals surface area contributed by atoms with Gasteiger partial charge in [0.2, 0.25) is 0 Å². The van der Waals surface area contributed by atoms with Crippen LogP contribution in [0.25, 0.3) is 36.0 Å². The van der Waals surface area contributed by atoms with Crippen molar-refractivity contribution in [2.45, 2.75) is 130 Å². The number of hydrogen-bond acceptors (Lipinski definition) is 10. The Morgan fingerprint density at radius 2 is 1.03 bits per heavy atom. The first-order chi connectivity index (χ1) is 31.9. The molecule has 0 aliphatic carbocycles. The maximum atomic E-state index is 11.9. The van der Waals surface area contributed by atoms with Crippen molar-refractivity contribution >= 4 is 82.6 Å². The summed E-state index contributed by atoms with van der Waals surface area (Å²) in [6.07, 6.45) is 19.4. The van der Waals surface area contributed by atoms with Crippen molar-refractivity contribution in [1.82, 2.24) is 0 Å². The molecule has 65 heavy (non-hydrogen) atoms. The Labute approximate surface area is 398 Å². The number of carbonyl (C=O) groups is 1. The highest BCUT2D eigenvalue weighted by Crippen LogP contribution is 2.53. The molecule has 1 N–H and O–H groups in total. The van der Waals surface area contributed by atoms with Crippen LogP contribution in [0, 0.1) is 11.3 Å². The number of anilines is 3. The van der Waals surface area contributed by atoms with E-state index in [2.05, 4.69) is 99.3 Å². The quantitative estimate of drug-likeness (QED) is 0.0271. The molecule has 0 bridgehead atoms. The van der Waals surface area contributed by atoms with Gasteiger partial charge in [-0.3, -0.25) is 0 Å². The third-order valence-electron chi connectivity index (χ3n) is 11.3. The van der Waals surface area contributed by atoms with Crippen LogP contribution in [-0.2, 0) is 4.79 Å². The normalized spacial score (nSPS) is 11.6. The van der Waals surface area contributed by atoms with Gasteiger partial charge in [-0.15, -0.1) is 34.0 Å². The predicted octanol–water partition coefficient (Wildman–Crippen LogP) is 17.1. The standard InChI is InChI=1S/C54H66N2O6S3/c1-5-9-13-17-31-59-42-25-21-40(22-26-42)56(41-23-27-43(28-24-41)60-32-18-14-10-6-2)49-30-29-47(64-49)48-37-46-45-36-44(35-39(38-55)54(57)58)63-52(45)50(61-33-19-15-11-7-3)51(53(46)65-48)62-34-20-16-12-8-4/h21-30,35-37H,5-20,31-34H2,1-4H3,(H,57,58)/b39-35-. The van der Waals surface area contributed by atoms with E-state index in [1.807, 2.05) is 12.1 Å². The molecule has 8 nitrogen and oxygen atoms in total. The molecule has 0 unspecified atom stereocenters. The summed E-state index contributed by atoms with van der Waals surface area (Å²) in [5, 5.41) is 22.4. The van der Waals surface area contributed by atoms with E-state index in [0.29, 0.717) is 37.1 Å². The summed E-state index contributed by atoms with van der Waals surface area (Å²) in [7, 11) is 0. The van der Waals surface area contributed by atoms with Gasteiger partial charge in [-0.05, 0) is 105 Å². The van der Waals surface area contributed by atoms with E-state index in [0.717, 1.165) is 128 Å². The lowest BCUT2D eigenvalue weighted by Gasteiger charge is -2.24. The summed E-state index contributed by atoms with van der Waals surface area (Å²) in [6, 6.07) is 27.3. The summed E-state index contributed by atoms with van der Waals surface area (Å²) < 4.78 is 27.6. The number of rotatable bonds is 30. The zero-order valence-corrected chi connectivity index (χ0v) is 41.2. The number of carboxylic acids is 1. The summed E-state index contributed by atoms with van der Waals surface area (Å²) in [5.74, 6) is 1.93. The number of hydrogen-bond donors (Lipinski definition) is 1. The molecule has 0 aliphatic rings. The highest BCUT2D eigenvalue weighted by molar-refractivity contribution is 7.28. The Balaban J connectivity index is 1.40. The van der Waals surface area contributed by atoms with Gasteiger partial charge in [0.05, 0.1) is 35.8 Å². The average Bonchev–Trinajstić information content (AvgIpc) is 4.09. The van der Waals surface area contributed by atoms with Crippen LogP contribution in [0.15, 0.2) is 78.4 Å². The second kappa shape index (κ2) is 26.2. The van der Waals surface area contributed by atoms with Crippen molar-refractivity contribution in [2.24, 2.45) is 0 Å². The molecule has 346 valence electrons. The van der Waals surface area contributed by atoms with Crippen molar-refractivity contribution in [3.8, 4) is 38.8 Å². The fourth-order valence-corrected chi connectivity index (χ4v) is 11.1. The maximum Gasteiger partial charge on any atom is 0.346 e. The molecular formula is C54H66N2O6S3. The predicted molar refractivity (Wildman–Crippen MR) is 275 cm³/mol. The summed E-state index contributed by atoms with van der Waals surface area (Å²) in [4.78, 5) is 17.1. The van der Waals surface area contributed by atoms with E-state index in [9.17, 15) is 15.2 Å². The Kier molecular flexibility index (Phi) is 19.9. The Hall–Kier alpha value is -5.02. The molecule has 0 amide bonds. The molecule has 0 saturated carbocycles. The lowest BCUT2D eigenvalue weighted by molar-refractivity contribution is -0.132. The van der Waals surface area contributed by atoms with Crippen LogP contribution >= 0.6 is 34.0 Å². The fourth-order valence-electron chi connectivity index (χ4n) is 7.69. The second-order valence-corrected chi connectivity index (χ2v) is 19.7. The Bertz CT molecular complexity index is 2400. The zero-order valence-electron chi connectivity index (χ0n) is 38.8. The highest BCUT2D eigenvalue weighted by atomic mass is 32.1. The molecule has 0 saturated heterocycles. The van der Waals surface area contributed by atoms with Crippen LogP contribution in [0.3, 0.4) is 0 Å². The molecule has 6 rings (SSSR count). The second-order valence-electron chi connectivity index (χ2n) is 16.5.